The highest BCUT2D eigenvalue weighted by Crippen LogP contribution is 2.56. The average Bonchev–Trinajstić information content (AvgIpc) is 3.25. The molecular formula is C19H23N7O. The smallest absolute Gasteiger partial charge is 0.208 e. The van der Waals surface area contributed by atoms with E-state index < -0.39 is 5.60 Å². The Morgan fingerprint density at radius 1 is 1.26 bits per heavy atom. The molecule has 7 rings (SSSR count). The van der Waals surface area contributed by atoms with Gasteiger partial charge in [-0.1, -0.05) is 0 Å². The molecule has 0 saturated heterocycles. The zero-order valence-electron chi connectivity index (χ0n) is 15.3. The zero-order chi connectivity index (χ0) is 18.2. The van der Waals surface area contributed by atoms with Gasteiger partial charge in [0.1, 0.15) is 5.65 Å². The summed E-state index contributed by atoms with van der Waals surface area (Å²) in [6, 6.07) is 2.42. The second-order valence-electron chi connectivity index (χ2n) is 8.75. The van der Waals surface area contributed by atoms with Gasteiger partial charge in [-0.05, 0) is 61.1 Å². The van der Waals surface area contributed by atoms with E-state index in [1.165, 1.54) is 17.6 Å². The lowest BCUT2D eigenvalue weighted by molar-refractivity contribution is -0.129. The second-order valence-corrected chi connectivity index (χ2v) is 8.75. The highest BCUT2D eigenvalue weighted by atomic mass is 16.3. The van der Waals surface area contributed by atoms with Crippen molar-refractivity contribution >= 4 is 16.7 Å². The number of anilines is 1. The third-order valence-electron chi connectivity index (χ3n) is 6.89. The Morgan fingerprint density at radius 3 is 2.78 bits per heavy atom. The molecule has 0 aliphatic heterocycles. The van der Waals surface area contributed by atoms with Gasteiger partial charge in [0, 0.05) is 23.8 Å². The molecule has 3 N–H and O–H groups in total. The molecule has 2 unspecified atom stereocenters. The number of fused-ring (bicyclic) bond motifs is 1. The maximum atomic E-state index is 10.9. The predicted molar refractivity (Wildman–Crippen MR) is 99.8 cm³/mol. The van der Waals surface area contributed by atoms with Crippen LogP contribution in [0.15, 0.2) is 18.5 Å². The van der Waals surface area contributed by atoms with Gasteiger partial charge in [-0.2, -0.15) is 4.80 Å². The molecule has 4 saturated carbocycles. The highest BCUT2D eigenvalue weighted by molar-refractivity contribution is 5.97. The van der Waals surface area contributed by atoms with E-state index in [1.807, 2.05) is 18.5 Å². The van der Waals surface area contributed by atoms with Crippen molar-refractivity contribution in [1.82, 2.24) is 30.2 Å². The van der Waals surface area contributed by atoms with Gasteiger partial charge in [0.15, 0.2) is 0 Å². The maximum absolute atomic E-state index is 10.9. The Bertz CT molecular complexity index is 1010. The molecule has 0 spiro atoms. The monoisotopic (exact) mass is 365 g/mol. The summed E-state index contributed by atoms with van der Waals surface area (Å²) < 4.78 is 0. The number of tetrazole rings is 1. The number of hydrogen-bond acceptors (Lipinski definition) is 6. The highest BCUT2D eigenvalue weighted by Gasteiger charge is 2.54. The Balaban J connectivity index is 1.43. The van der Waals surface area contributed by atoms with Gasteiger partial charge in [-0.25, -0.2) is 4.98 Å². The van der Waals surface area contributed by atoms with Gasteiger partial charge in [0.25, 0.3) is 0 Å². The molecule has 4 bridgehead atoms. The Labute approximate surface area is 156 Å². The summed E-state index contributed by atoms with van der Waals surface area (Å²) in [7, 11) is 1.77. The molecule has 27 heavy (non-hydrogen) atoms. The van der Waals surface area contributed by atoms with Crippen LogP contribution in [0.1, 0.15) is 32.1 Å². The molecule has 5 atom stereocenters. The van der Waals surface area contributed by atoms with Crippen LogP contribution in [-0.2, 0) is 7.05 Å². The minimum Gasteiger partial charge on any atom is -0.390 e. The van der Waals surface area contributed by atoms with E-state index in [-0.39, 0.29) is 0 Å². The lowest BCUT2D eigenvalue weighted by Crippen LogP contribution is -2.59. The standard InChI is InChI=1S/C19H23N7O/c1-26-24-18(23-25-26)14-9-21-17-13(2-3-20-17)16(14)22-15-11-4-10-5-12(15)8-19(27,6-10)7-11/h2-3,9-12,15,27H,4-8H2,1H3,(H2,20,21,22)/t10?,11-,12+,15-,19?. The molecule has 0 amide bonds. The van der Waals surface area contributed by atoms with E-state index >= 15 is 0 Å². The van der Waals surface area contributed by atoms with Crippen LogP contribution >= 0.6 is 0 Å². The summed E-state index contributed by atoms with van der Waals surface area (Å²) in [5, 5.41) is 28.4. The lowest BCUT2D eigenvalue weighted by atomic mass is 9.52. The minimum atomic E-state index is -0.425. The molecule has 3 aromatic heterocycles. The van der Waals surface area contributed by atoms with Crippen LogP contribution in [-0.4, -0.2) is 46.9 Å². The minimum absolute atomic E-state index is 0.373. The van der Waals surface area contributed by atoms with E-state index in [4.69, 9.17) is 0 Å². The number of aromatic nitrogens is 6. The third-order valence-corrected chi connectivity index (χ3v) is 6.89. The first-order chi connectivity index (χ1) is 13.1. The van der Waals surface area contributed by atoms with Gasteiger partial charge < -0.3 is 15.4 Å². The Kier molecular flexibility index (Phi) is 3.05. The third kappa shape index (κ3) is 2.32. The molecule has 4 aliphatic rings. The van der Waals surface area contributed by atoms with Crippen LogP contribution in [0.4, 0.5) is 5.69 Å². The summed E-state index contributed by atoms with van der Waals surface area (Å²) >= 11 is 0. The number of aliphatic hydroxyl groups is 1. The second kappa shape index (κ2) is 5.28. The molecule has 8 nitrogen and oxygen atoms in total. The molecule has 4 fully saturated rings. The summed E-state index contributed by atoms with van der Waals surface area (Å²) in [5.41, 5.74) is 2.33. The zero-order valence-corrected chi connectivity index (χ0v) is 15.3. The number of aryl methyl sites for hydroxylation is 1. The first-order valence-electron chi connectivity index (χ1n) is 9.77. The van der Waals surface area contributed by atoms with Crippen LogP contribution in [0.25, 0.3) is 22.4 Å². The van der Waals surface area contributed by atoms with Crippen molar-refractivity contribution in [2.24, 2.45) is 24.8 Å². The van der Waals surface area contributed by atoms with Crippen molar-refractivity contribution in [1.29, 1.82) is 0 Å². The van der Waals surface area contributed by atoms with Crippen LogP contribution in [0.5, 0.6) is 0 Å². The number of pyridine rings is 1. The predicted octanol–water partition coefficient (Wildman–Crippen LogP) is 2.10. The van der Waals surface area contributed by atoms with Gasteiger partial charge in [-0.3, -0.25) is 0 Å². The summed E-state index contributed by atoms with van der Waals surface area (Å²) in [6.07, 6.45) is 9.00. The topological polar surface area (TPSA) is 105 Å². The molecule has 140 valence electrons. The Hall–Kier alpha value is -2.48. The summed E-state index contributed by atoms with van der Waals surface area (Å²) in [6.45, 7) is 0. The molecule has 0 aromatic carbocycles. The van der Waals surface area contributed by atoms with Crippen LogP contribution in [0.2, 0.25) is 0 Å². The van der Waals surface area contributed by atoms with Gasteiger partial charge in [0.2, 0.25) is 5.82 Å². The fraction of sp³-hybridized carbons (Fsp3) is 0.579. The Morgan fingerprint density at radius 2 is 2.07 bits per heavy atom. The van der Waals surface area contributed by atoms with E-state index in [9.17, 15) is 5.11 Å². The number of nitrogens with one attached hydrogen (secondary N) is 2. The van der Waals surface area contributed by atoms with Gasteiger partial charge in [-0.15, -0.1) is 10.2 Å². The molecule has 8 heteroatoms. The quantitative estimate of drug-likeness (QED) is 0.657. The molecular weight excluding hydrogens is 342 g/mol. The molecule has 4 aliphatic carbocycles. The van der Waals surface area contributed by atoms with E-state index in [1.54, 1.807) is 7.05 Å². The van der Waals surface area contributed by atoms with E-state index in [0.717, 1.165) is 41.5 Å². The van der Waals surface area contributed by atoms with Gasteiger partial charge >= 0.3 is 0 Å². The van der Waals surface area contributed by atoms with Crippen molar-refractivity contribution in [3.8, 4) is 11.4 Å². The van der Waals surface area contributed by atoms with E-state index in [0.29, 0.717) is 29.6 Å². The normalized spacial score (nSPS) is 34.4. The van der Waals surface area contributed by atoms with Crippen molar-refractivity contribution in [2.75, 3.05) is 5.32 Å². The summed E-state index contributed by atoms with van der Waals surface area (Å²) in [5.74, 6) is 2.31. The van der Waals surface area contributed by atoms with Crippen LogP contribution in [0.3, 0.4) is 0 Å². The largest absolute Gasteiger partial charge is 0.390 e. The van der Waals surface area contributed by atoms with Crippen LogP contribution < -0.4 is 5.32 Å². The first kappa shape index (κ1) is 15.6. The average molecular weight is 365 g/mol. The van der Waals surface area contributed by atoms with Crippen molar-refractivity contribution in [3.05, 3.63) is 18.5 Å². The van der Waals surface area contributed by atoms with Crippen molar-refractivity contribution in [2.45, 2.75) is 43.7 Å². The fourth-order valence-corrected chi connectivity index (χ4v) is 6.11. The fourth-order valence-electron chi connectivity index (χ4n) is 6.11. The van der Waals surface area contributed by atoms with Crippen molar-refractivity contribution < 1.29 is 5.11 Å². The first-order valence-corrected chi connectivity index (χ1v) is 9.77. The van der Waals surface area contributed by atoms with E-state index in [2.05, 4.69) is 30.7 Å². The maximum Gasteiger partial charge on any atom is 0.208 e. The summed E-state index contributed by atoms with van der Waals surface area (Å²) in [4.78, 5) is 9.20. The number of hydrogen-bond donors (Lipinski definition) is 3. The SMILES string of the molecule is Cn1nnc(-c2cnc3[nH]ccc3c2N[C@@H]2[C@@H]3CC4C[C@H]2CC(O)(C4)C3)n1. The van der Waals surface area contributed by atoms with Gasteiger partial charge in [0.05, 0.1) is 23.9 Å². The molecule has 0 radical (unpaired) electrons. The number of aromatic amines is 1. The number of H-pyrrole nitrogens is 1. The molecule has 3 aromatic rings. The number of rotatable bonds is 3. The number of nitrogens with zero attached hydrogens (tertiary/aromatic N) is 5. The molecule has 3 heterocycles. The van der Waals surface area contributed by atoms with Crippen molar-refractivity contribution in [3.63, 3.8) is 0 Å². The lowest BCUT2D eigenvalue weighted by Gasteiger charge is -2.58. The van der Waals surface area contributed by atoms with Crippen LogP contribution in [0, 0.1) is 17.8 Å².